The molecule has 1 atom stereocenters. The minimum atomic E-state index is -0.117. The lowest BCUT2D eigenvalue weighted by Gasteiger charge is -2.29. The summed E-state index contributed by atoms with van der Waals surface area (Å²) in [6.07, 6.45) is 5.26. The molecule has 3 rings (SSSR count). The number of hydrogen-bond acceptors (Lipinski definition) is 5. The summed E-state index contributed by atoms with van der Waals surface area (Å²) in [6, 6.07) is 1.65. The zero-order chi connectivity index (χ0) is 16.8. The lowest BCUT2D eigenvalue weighted by atomic mass is 10.2. The van der Waals surface area contributed by atoms with Crippen LogP contribution in [-0.4, -0.2) is 73.7 Å². The van der Waals surface area contributed by atoms with Gasteiger partial charge in [-0.1, -0.05) is 0 Å². The molecule has 7 heteroatoms. The van der Waals surface area contributed by atoms with Crippen molar-refractivity contribution in [2.45, 2.75) is 25.4 Å². The predicted octanol–water partition coefficient (Wildman–Crippen LogP) is 1.15. The van der Waals surface area contributed by atoms with Crippen molar-refractivity contribution in [2.24, 2.45) is 0 Å². The molecule has 2 aliphatic heterocycles. The van der Waals surface area contributed by atoms with E-state index >= 15 is 0 Å². The Kier molecular flexibility index (Phi) is 5.87. The molecule has 0 radical (unpaired) electrons. The maximum absolute atomic E-state index is 12.6. The fraction of sp³-hybridized carbons (Fsp3) is 0.647. The van der Waals surface area contributed by atoms with Gasteiger partial charge in [0.25, 0.3) is 5.91 Å². The fourth-order valence-corrected chi connectivity index (χ4v) is 3.08. The average molecular weight is 336 g/mol. The minimum absolute atomic E-state index is 0.0549. The summed E-state index contributed by atoms with van der Waals surface area (Å²) in [6.45, 7) is 4.06. The number of carbonyl (C=O) groups is 2. The molecule has 0 bridgehead atoms. The van der Waals surface area contributed by atoms with Gasteiger partial charge in [-0.05, 0) is 18.9 Å². The van der Waals surface area contributed by atoms with E-state index in [0.717, 1.165) is 19.4 Å². The molecule has 1 aromatic rings. The molecule has 7 nitrogen and oxygen atoms in total. The van der Waals surface area contributed by atoms with E-state index in [1.54, 1.807) is 15.9 Å². The Balaban J connectivity index is 1.58. The maximum Gasteiger partial charge on any atom is 0.257 e. The highest BCUT2D eigenvalue weighted by molar-refractivity contribution is 5.94. The first kappa shape index (κ1) is 17.0. The Morgan fingerprint density at radius 3 is 2.75 bits per heavy atom. The lowest BCUT2D eigenvalue weighted by molar-refractivity contribution is -0.135. The quantitative estimate of drug-likeness (QED) is 0.779. The molecule has 0 spiro atoms. The first-order chi connectivity index (χ1) is 11.7. The van der Waals surface area contributed by atoms with Gasteiger partial charge in [0.2, 0.25) is 5.91 Å². The van der Waals surface area contributed by atoms with Gasteiger partial charge in [-0.3, -0.25) is 9.59 Å². The summed E-state index contributed by atoms with van der Waals surface area (Å²) in [7, 11) is 0. The summed E-state index contributed by atoms with van der Waals surface area (Å²) >= 11 is 0. The van der Waals surface area contributed by atoms with Crippen LogP contribution in [0.1, 0.15) is 29.6 Å². The molecule has 0 aromatic carbocycles. The Morgan fingerprint density at radius 1 is 1.25 bits per heavy atom. The Hall–Kier alpha value is -1.86. The Labute approximate surface area is 141 Å². The summed E-state index contributed by atoms with van der Waals surface area (Å²) in [5.41, 5.74) is 0.506. The van der Waals surface area contributed by atoms with E-state index in [4.69, 9.17) is 13.9 Å². The van der Waals surface area contributed by atoms with Gasteiger partial charge >= 0.3 is 0 Å². The Morgan fingerprint density at radius 2 is 2.08 bits per heavy atom. The van der Waals surface area contributed by atoms with Gasteiger partial charge in [-0.15, -0.1) is 0 Å². The van der Waals surface area contributed by atoms with Crippen molar-refractivity contribution >= 4 is 11.8 Å². The number of nitrogens with zero attached hydrogens (tertiary/aromatic N) is 2. The molecular weight excluding hydrogens is 312 g/mol. The van der Waals surface area contributed by atoms with E-state index in [2.05, 4.69) is 0 Å². The van der Waals surface area contributed by atoms with Crippen LogP contribution in [0.25, 0.3) is 0 Å². The number of rotatable bonds is 6. The number of morpholine rings is 1. The van der Waals surface area contributed by atoms with Crippen LogP contribution in [0, 0.1) is 0 Å². The molecule has 0 aliphatic carbocycles. The number of amides is 2. The molecule has 0 N–H and O–H groups in total. The SMILES string of the molecule is O=C(CCN(CC1CCCO1)C(=O)c1ccoc1)N1CCOCC1. The second kappa shape index (κ2) is 8.30. The predicted molar refractivity (Wildman–Crippen MR) is 85.6 cm³/mol. The molecular formula is C17H24N2O5. The van der Waals surface area contributed by atoms with Crippen molar-refractivity contribution in [1.29, 1.82) is 0 Å². The second-order valence-corrected chi connectivity index (χ2v) is 6.14. The van der Waals surface area contributed by atoms with Crippen LogP contribution >= 0.6 is 0 Å². The van der Waals surface area contributed by atoms with Crippen molar-refractivity contribution in [3.05, 3.63) is 24.2 Å². The first-order valence-electron chi connectivity index (χ1n) is 8.52. The molecule has 132 valence electrons. The summed E-state index contributed by atoms with van der Waals surface area (Å²) < 4.78 is 15.9. The van der Waals surface area contributed by atoms with Crippen LogP contribution in [0.3, 0.4) is 0 Å². The van der Waals surface area contributed by atoms with Crippen LogP contribution in [0.5, 0.6) is 0 Å². The zero-order valence-corrected chi connectivity index (χ0v) is 13.8. The molecule has 3 heterocycles. The molecule has 1 unspecified atom stereocenters. The monoisotopic (exact) mass is 336 g/mol. The zero-order valence-electron chi connectivity index (χ0n) is 13.8. The molecule has 2 amide bonds. The third-order valence-corrected chi connectivity index (χ3v) is 4.46. The second-order valence-electron chi connectivity index (χ2n) is 6.14. The van der Waals surface area contributed by atoms with Gasteiger partial charge in [-0.2, -0.15) is 0 Å². The number of ether oxygens (including phenoxy) is 2. The van der Waals surface area contributed by atoms with E-state index in [1.807, 2.05) is 0 Å². The van der Waals surface area contributed by atoms with Crippen molar-refractivity contribution in [3.8, 4) is 0 Å². The van der Waals surface area contributed by atoms with E-state index in [9.17, 15) is 9.59 Å². The first-order valence-corrected chi connectivity index (χ1v) is 8.52. The van der Waals surface area contributed by atoms with Gasteiger partial charge < -0.3 is 23.7 Å². The van der Waals surface area contributed by atoms with Gasteiger partial charge in [-0.25, -0.2) is 0 Å². The highest BCUT2D eigenvalue weighted by atomic mass is 16.5. The van der Waals surface area contributed by atoms with Gasteiger partial charge in [0, 0.05) is 39.2 Å². The van der Waals surface area contributed by atoms with Crippen molar-refractivity contribution in [3.63, 3.8) is 0 Å². The highest BCUT2D eigenvalue weighted by Crippen LogP contribution is 2.16. The topological polar surface area (TPSA) is 72.2 Å². The smallest absolute Gasteiger partial charge is 0.257 e. The third kappa shape index (κ3) is 4.36. The largest absolute Gasteiger partial charge is 0.472 e. The average Bonchev–Trinajstić information content (AvgIpc) is 3.32. The Bertz CT molecular complexity index is 533. The van der Waals surface area contributed by atoms with Crippen LogP contribution in [0.15, 0.2) is 23.0 Å². The molecule has 24 heavy (non-hydrogen) atoms. The number of furan rings is 1. The van der Waals surface area contributed by atoms with E-state index in [1.165, 1.54) is 12.5 Å². The van der Waals surface area contributed by atoms with Crippen LogP contribution in [-0.2, 0) is 14.3 Å². The normalized spacial score (nSPS) is 21.0. The molecule has 2 saturated heterocycles. The molecule has 2 fully saturated rings. The maximum atomic E-state index is 12.6. The fourth-order valence-electron chi connectivity index (χ4n) is 3.08. The minimum Gasteiger partial charge on any atom is -0.472 e. The van der Waals surface area contributed by atoms with Gasteiger partial charge in [0.15, 0.2) is 0 Å². The number of hydrogen-bond donors (Lipinski definition) is 0. The van der Waals surface area contributed by atoms with Crippen molar-refractivity contribution in [1.82, 2.24) is 9.80 Å². The standard InChI is InChI=1S/C17H24N2O5/c20-16(18-6-10-22-11-7-18)3-5-19(12-15-2-1-8-24-15)17(21)14-4-9-23-13-14/h4,9,13,15H,1-3,5-8,10-12H2. The summed E-state index contributed by atoms with van der Waals surface area (Å²) in [5, 5.41) is 0. The highest BCUT2D eigenvalue weighted by Gasteiger charge is 2.25. The lowest BCUT2D eigenvalue weighted by Crippen LogP contribution is -2.43. The molecule has 0 saturated carbocycles. The van der Waals surface area contributed by atoms with Gasteiger partial charge in [0.05, 0.1) is 31.1 Å². The van der Waals surface area contributed by atoms with Crippen LogP contribution in [0.4, 0.5) is 0 Å². The number of carbonyl (C=O) groups excluding carboxylic acids is 2. The van der Waals surface area contributed by atoms with E-state index in [0.29, 0.717) is 51.4 Å². The van der Waals surface area contributed by atoms with Crippen molar-refractivity contribution in [2.75, 3.05) is 46.0 Å². The van der Waals surface area contributed by atoms with E-state index in [-0.39, 0.29) is 17.9 Å². The van der Waals surface area contributed by atoms with Crippen LogP contribution < -0.4 is 0 Å². The third-order valence-electron chi connectivity index (χ3n) is 4.46. The van der Waals surface area contributed by atoms with E-state index < -0.39 is 0 Å². The summed E-state index contributed by atoms with van der Waals surface area (Å²) in [4.78, 5) is 28.5. The van der Waals surface area contributed by atoms with Gasteiger partial charge in [0.1, 0.15) is 6.26 Å². The van der Waals surface area contributed by atoms with Crippen LogP contribution in [0.2, 0.25) is 0 Å². The molecule has 1 aromatic heterocycles. The molecule has 2 aliphatic rings. The summed E-state index contributed by atoms with van der Waals surface area (Å²) in [5.74, 6) is -0.0512. The van der Waals surface area contributed by atoms with Crippen molar-refractivity contribution < 1.29 is 23.5 Å².